The number of phenols is 1. The van der Waals surface area contributed by atoms with Crippen LogP contribution in [0.4, 0.5) is 0 Å². The molecule has 0 bridgehead atoms. The molecule has 0 unspecified atom stereocenters. The summed E-state index contributed by atoms with van der Waals surface area (Å²) in [6.45, 7) is 11.4. The van der Waals surface area contributed by atoms with Crippen LogP contribution in [0.3, 0.4) is 0 Å². The third-order valence-electron chi connectivity index (χ3n) is 4.19. The summed E-state index contributed by atoms with van der Waals surface area (Å²) in [5, 5.41) is 16.6. The van der Waals surface area contributed by atoms with Crippen LogP contribution in [0.15, 0.2) is 16.9 Å². The summed E-state index contributed by atoms with van der Waals surface area (Å²) >= 11 is 1.16. The van der Waals surface area contributed by atoms with Crippen LogP contribution in [-0.4, -0.2) is 60.8 Å². The molecule has 0 aliphatic rings. The molecular formula is C17H28N4O2S. The standard InChI is InChI=1S/C17H28N4O2S/c1-3-21(4-2)12-11-19-10-9-18-8-7-13-5-6-14(22)15-16(13)24-17(23)20-15/h5-6,18-19,22H,3-4,7-12H2,1-2H3,(H,20,23). The van der Waals surface area contributed by atoms with Crippen molar-refractivity contribution in [3.8, 4) is 5.75 Å². The molecule has 1 aromatic heterocycles. The van der Waals surface area contributed by atoms with Gasteiger partial charge < -0.3 is 25.6 Å². The van der Waals surface area contributed by atoms with Gasteiger partial charge in [0.1, 0.15) is 11.3 Å². The summed E-state index contributed by atoms with van der Waals surface area (Å²) in [4.78, 5) is 16.4. The van der Waals surface area contributed by atoms with Gasteiger partial charge in [0.25, 0.3) is 0 Å². The molecule has 0 aliphatic carbocycles. The summed E-state index contributed by atoms with van der Waals surface area (Å²) in [5.41, 5.74) is 1.65. The number of aromatic hydroxyl groups is 1. The van der Waals surface area contributed by atoms with Crippen LogP contribution < -0.4 is 15.5 Å². The van der Waals surface area contributed by atoms with Crippen molar-refractivity contribution in [1.82, 2.24) is 20.5 Å². The van der Waals surface area contributed by atoms with Crippen molar-refractivity contribution < 1.29 is 5.11 Å². The zero-order valence-electron chi connectivity index (χ0n) is 14.5. The van der Waals surface area contributed by atoms with Gasteiger partial charge in [-0.2, -0.15) is 0 Å². The van der Waals surface area contributed by atoms with Gasteiger partial charge >= 0.3 is 4.87 Å². The Kier molecular flexibility index (Phi) is 7.71. The Labute approximate surface area is 146 Å². The maximum Gasteiger partial charge on any atom is 0.305 e. The average molecular weight is 353 g/mol. The molecule has 0 radical (unpaired) electrons. The maximum atomic E-state index is 11.5. The van der Waals surface area contributed by atoms with Crippen LogP contribution >= 0.6 is 11.3 Å². The number of hydrogen-bond acceptors (Lipinski definition) is 6. The number of phenolic OH excluding ortho intramolecular Hbond substituents is 1. The van der Waals surface area contributed by atoms with Gasteiger partial charge in [-0.25, -0.2) is 0 Å². The van der Waals surface area contributed by atoms with Crippen molar-refractivity contribution in [1.29, 1.82) is 0 Å². The number of nitrogens with one attached hydrogen (secondary N) is 3. The zero-order valence-corrected chi connectivity index (χ0v) is 15.3. The Balaban J connectivity index is 1.67. The topological polar surface area (TPSA) is 80.4 Å². The molecule has 2 aromatic rings. The summed E-state index contributed by atoms with van der Waals surface area (Å²) < 4.78 is 0.860. The number of hydrogen-bond donors (Lipinski definition) is 4. The second-order valence-electron chi connectivity index (χ2n) is 5.74. The predicted octanol–water partition coefficient (Wildman–Crippen LogP) is 1.36. The van der Waals surface area contributed by atoms with E-state index in [4.69, 9.17) is 0 Å². The fraction of sp³-hybridized carbons (Fsp3) is 0.588. The Morgan fingerprint density at radius 1 is 1.12 bits per heavy atom. The van der Waals surface area contributed by atoms with Gasteiger partial charge in [0, 0.05) is 26.2 Å². The smallest absolute Gasteiger partial charge is 0.305 e. The van der Waals surface area contributed by atoms with Crippen LogP contribution in [0.5, 0.6) is 5.75 Å². The van der Waals surface area contributed by atoms with Crippen LogP contribution in [0.2, 0.25) is 0 Å². The number of benzene rings is 1. The molecule has 0 fully saturated rings. The third-order valence-corrected chi connectivity index (χ3v) is 5.15. The van der Waals surface area contributed by atoms with Crippen LogP contribution in [0.25, 0.3) is 10.2 Å². The molecule has 0 atom stereocenters. The van der Waals surface area contributed by atoms with E-state index >= 15 is 0 Å². The number of aromatic nitrogens is 1. The minimum absolute atomic E-state index is 0.127. The van der Waals surface area contributed by atoms with E-state index < -0.39 is 0 Å². The summed E-state index contributed by atoms with van der Waals surface area (Å²) in [6, 6.07) is 3.54. The van der Waals surface area contributed by atoms with Crippen molar-refractivity contribution in [2.24, 2.45) is 0 Å². The highest BCUT2D eigenvalue weighted by molar-refractivity contribution is 7.16. The number of nitrogens with zero attached hydrogens (tertiary/aromatic N) is 1. The zero-order chi connectivity index (χ0) is 17.4. The van der Waals surface area contributed by atoms with Gasteiger partial charge in [0.05, 0.1) is 4.70 Å². The van der Waals surface area contributed by atoms with E-state index in [0.29, 0.717) is 5.52 Å². The van der Waals surface area contributed by atoms with Crippen LogP contribution in [0, 0.1) is 0 Å². The first kappa shape index (κ1) is 18.9. The van der Waals surface area contributed by atoms with Gasteiger partial charge in [0.2, 0.25) is 0 Å². The predicted molar refractivity (Wildman–Crippen MR) is 101 cm³/mol. The lowest BCUT2D eigenvalue weighted by molar-refractivity contribution is 0.302. The first-order chi connectivity index (χ1) is 11.7. The SMILES string of the molecule is CCN(CC)CCNCCNCCc1ccc(O)c2[nH]c(=O)sc12. The fourth-order valence-electron chi connectivity index (χ4n) is 2.70. The second-order valence-corrected chi connectivity index (χ2v) is 6.72. The van der Waals surface area contributed by atoms with E-state index in [-0.39, 0.29) is 10.6 Å². The average Bonchev–Trinajstić information content (AvgIpc) is 2.98. The Morgan fingerprint density at radius 3 is 2.54 bits per heavy atom. The quantitative estimate of drug-likeness (QED) is 0.459. The molecule has 0 saturated heterocycles. The molecule has 0 amide bonds. The number of likely N-dealkylation sites (N-methyl/N-ethyl adjacent to an activating group) is 1. The molecule has 7 heteroatoms. The normalized spacial score (nSPS) is 11.6. The van der Waals surface area contributed by atoms with Crippen LogP contribution in [0.1, 0.15) is 19.4 Å². The lowest BCUT2D eigenvalue weighted by Crippen LogP contribution is -2.35. The fourth-order valence-corrected chi connectivity index (χ4v) is 3.59. The van der Waals surface area contributed by atoms with Gasteiger partial charge in [-0.05, 0) is 37.7 Å². The first-order valence-corrected chi connectivity index (χ1v) is 9.44. The second kappa shape index (κ2) is 9.78. The monoisotopic (exact) mass is 352 g/mol. The Hall–Kier alpha value is -1.41. The van der Waals surface area contributed by atoms with Gasteiger partial charge in [-0.3, -0.25) is 4.79 Å². The van der Waals surface area contributed by atoms with E-state index in [1.54, 1.807) is 6.07 Å². The van der Waals surface area contributed by atoms with Gasteiger partial charge in [0.15, 0.2) is 0 Å². The van der Waals surface area contributed by atoms with Crippen molar-refractivity contribution in [3.63, 3.8) is 0 Å². The van der Waals surface area contributed by atoms with Crippen molar-refractivity contribution in [2.75, 3.05) is 45.8 Å². The van der Waals surface area contributed by atoms with Gasteiger partial charge in [-0.15, -0.1) is 0 Å². The minimum Gasteiger partial charge on any atom is -0.506 e. The van der Waals surface area contributed by atoms with Gasteiger partial charge in [-0.1, -0.05) is 31.3 Å². The lowest BCUT2D eigenvalue weighted by Gasteiger charge is -2.18. The molecule has 134 valence electrons. The third kappa shape index (κ3) is 5.31. The molecule has 0 saturated carbocycles. The molecule has 0 aliphatic heterocycles. The molecule has 24 heavy (non-hydrogen) atoms. The van der Waals surface area contributed by atoms with Crippen molar-refractivity contribution >= 4 is 21.6 Å². The summed E-state index contributed by atoms with van der Waals surface area (Å²) in [7, 11) is 0. The molecule has 1 aromatic carbocycles. The molecule has 0 spiro atoms. The van der Waals surface area contributed by atoms with E-state index in [1.807, 2.05) is 6.07 Å². The lowest BCUT2D eigenvalue weighted by atomic mass is 10.1. The molecule has 2 rings (SSSR count). The highest BCUT2D eigenvalue weighted by atomic mass is 32.1. The summed E-state index contributed by atoms with van der Waals surface area (Å²) in [5.74, 6) is 0.137. The van der Waals surface area contributed by atoms with Crippen LogP contribution in [-0.2, 0) is 6.42 Å². The molecule has 6 nitrogen and oxygen atoms in total. The molecule has 1 heterocycles. The Bertz CT molecular complexity index is 679. The van der Waals surface area contributed by atoms with Crippen molar-refractivity contribution in [3.05, 3.63) is 27.4 Å². The maximum absolute atomic E-state index is 11.5. The summed E-state index contributed by atoms with van der Waals surface area (Å²) in [6.07, 6.45) is 0.837. The Morgan fingerprint density at radius 2 is 1.83 bits per heavy atom. The van der Waals surface area contributed by atoms with E-state index in [2.05, 4.69) is 34.4 Å². The highest BCUT2D eigenvalue weighted by Gasteiger charge is 2.09. The number of rotatable bonds is 11. The van der Waals surface area contributed by atoms with E-state index in [9.17, 15) is 9.90 Å². The van der Waals surface area contributed by atoms with Crippen molar-refractivity contribution in [2.45, 2.75) is 20.3 Å². The number of thiazole rings is 1. The number of fused-ring (bicyclic) bond motifs is 1. The number of aromatic amines is 1. The first-order valence-electron chi connectivity index (χ1n) is 8.63. The highest BCUT2D eigenvalue weighted by Crippen LogP contribution is 2.27. The largest absolute Gasteiger partial charge is 0.506 e. The molecule has 4 N–H and O–H groups in total. The molecular weight excluding hydrogens is 324 g/mol. The van der Waals surface area contributed by atoms with E-state index in [0.717, 1.165) is 73.8 Å². The number of H-pyrrole nitrogens is 1. The van der Waals surface area contributed by atoms with E-state index in [1.165, 1.54) is 0 Å². The minimum atomic E-state index is -0.127.